The van der Waals surface area contributed by atoms with Gasteiger partial charge in [-0.15, -0.1) is 0 Å². The second-order valence-corrected chi connectivity index (χ2v) is 7.19. The van der Waals surface area contributed by atoms with Gasteiger partial charge in [-0.1, -0.05) is 18.2 Å². The van der Waals surface area contributed by atoms with Crippen LogP contribution in [0, 0.1) is 0 Å². The van der Waals surface area contributed by atoms with E-state index in [4.69, 9.17) is 4.74 Å². The number of ether oxygens (including phenoxy) is 1. The van der Waals surface area contributed by atoms with E-state index in [-0.39, 0.29) is 5.75 Å². The van der Waals surface area contributed by atoms with Gasteiger partial charge in [0, 0.05) is 6.54 Å². The minimum Gasteiger partial charge on any atom is -0.456 e. The van der Waals surface area contributed by atoms with Crippen molar-refractivity contribution in [3.63, 3.8) is 0 Å². The fourth-order valence-electron chi connectivity index (χ4n) is 2.47. The molecular weight excluding hydrogens is 328 g/mol. The van der Waals surface area contributed by atoms with Crippen LogP contribution in [0.4, 0.5) is 5.82 Å². The number of sulfonamides is 1. The molecule has 8 heteroatoms. The van der Waals surface area contributed by atoms with Crippen LogP contribution in [-0.2, 0) is 16.6 Å². The topological polar surface area (TPSA) is 86.1 Å². The van der Waals surface area contributed by atoms with Gasteiger partial charge in [-0.3, -0.25) is 9.71 Å². The largest absolute Gasteiger partial charge is 0.456 e. The summed E-state index contributed by atoms with van der Waals surface area (Å²) in [5, 5.41) is 0. The van der Waals surface area contributed by atoms with Crippen molar-refractivity contribution in [2.24, 2.45) is 0 Å². The third-order valence-corrected chi connectivity index (χ3v) is 4.87. The predicted molar refractivity (Wildman–Crippen MR) is 89.4 cm³/mol. The summed E-state index contributed by atoms with van der Waals surface area (Å²) in [4.78, 5) is 8.62. The Balaban J connectivity index is 1.61. The Labute approximate surface area is 139 Å². The van der Waals surface area contributed by atoms with Gasteiger partial charge in [0.1, 0.15) is 23.0 Å². The first-order valence-corrected chi connectivity index (χ1v) is 9.01. The fourth-order valence-corrected chi connectivity index (χ4v) is 3.52. The number of fused-ring (bicyclic) bond motifs is 1. The lowest BCUT2D eigenvalue weighted by Crippen LogP contribution is -2.27. The van der Waals surface area contributed by atoms with E-state index in [0.29, 0.717) is 29.5 Å². The average Bonchev–Trinajstić information content (AvgIpc) is 2.98. The van der Waals surface area contributed by atoms with E-state index in [9.17, 15) is 8.42 Å². The molecule has 1 aromatic carbocycles. The number of benzene rings is 1. The molecule has 1 N–H and O–H groups in total. The normalized spacial score (nSPS) is 15.3. The summed E-state index contributed by atoms with van der Waals surface area (Å²) in [6, 6.07) is 12.9. The van der Waals surface area contributed by atoms with Crippen LogP contribution in [0.15, 0.2) is 55.0 Å². The lowest BCUT2D eigenvalue weighted by Gasteiger charge is -2.17. The highest BCUT2D eigenvalue weighted by atomic mass is 32.2. The standard InChI is InChI=1S/C16H14N4O3S/c21-24(22)9-8-20-11-18-15(16(20)19-24)14-7-6-13(10-17-14)23-12-4-2-1-3-5-12/h1-7,10-11,19H,8-9H2. The zero-order chi connectivity index (χ0) is 16.6. The number of hydrogen-bond acceptors (Lipinski definition) is 5. The summed E-state index contributed by atoms with van der Waals surface area (Å²) in [5.74, 6) is 1.82. The van der Waals surface area contributed by atoms with Crippen molar-refractivity contribution < 1.29 is 13.2 Å². The number of rotatable bonds is 3. The SMILES string of the molecule is O=S1(=O)CCn2cnc(-c3ccc(Oc4ccccc4)cn3)c2N1. The first-order chi connectivity index (χ1) is 11.6. The van der Waals surface area contributed by atoms with Gasteiger partial charge >= 0.3 is 0 Å². The molecule has 0 radical (unpaired) electrons. The van der Waals surface area contributed by atoms with Gasteiger partial charge < -0.3 is 9.30 Å². The average molecular weight is 342 g/mol. The van der Waals surface area contributed by atoms with Crippen molar-refractivity contribution in [1.29, 1.82) is 0 Å². The molecule has 0 amide bonds. The number of aromatic nitrogens is 3. The number of para-hydroxylation sites is 1. The maximum Gasteiger partial charge on any atom is 0.235 e. The quantitative estimate of drug-likeness (QED) is 0.790. The van der Waals surface area contributed by atoms with Gasteiger partial charge in [0.2, 0.25) is 10.0 Å². The molecule has 0 spiro atoms. The Morgan fingerprint density at radius 1 is 1.04 bits per heavy atom. The van der Waals surface area contributed by atoms with E-state index >= 15 is 0 Å². The van der Waals surface area contributed by atoms with E-state index in [2.05, 4.69) is 14.7 Å². The summed E-state index contributed by atoms with van der Waals surface area (Å²) in [6.45, 7) is 0.382. The number of anilines is 1. The molecule has 0 saturated heterocycles. The second kappa shape index (κ2) is 5.64. The van der Waals surface area contributed by atoms with Crippen LogP contribution >= 0.6 is 0 Å². The Morgan fingerprint density at radius 3 is 2.62 bits per heavy atom. The van der Waals surface area contributed by atoms with E-state index in [1.165, 1.54) is 0 Å². The highest BCUT2D eigenvalue weighted by molar-refractivity contribution is 7.92. The van der Waals surface area contributed by atoms with Gasteiger partial charge in [0.25, 0.3) is 0 Å². The molecular formula is C16H14N4O3S. The summed E-state index contributed by atoms with van der Waals surface area (Å²) >= 11 is 0. The van der Waals surface area contributed by atoms with Crippen LogP contribution in [0.5, 0.6) is 11.5 Å². The Morgan fingerprint density at radius 2 is 1.88 bits per heavy atom. The van der Waals surface area contributed by atoms with Crippen LogP contribution in [-0.4, -0.2) is 28.7 Å². The molecule has 2 aromatic heterocycles. The minimum atomic E-state index is -3.31. The van der Waals surface area contributed by atoms with Gasteiger partial charge in [0.05, 0.1) is 24.0 Å². The Kier molecular flexibility index (Phi) is 3.46. The molecule has 0 fully saturated rings. The first-order valence-electron chi connectivity index (χ1n) is 7.36. The van der Waals surface area contributed by atoms with Crippen molar-refractivity contribution >= 4 is 15.8 Å². The minimum absolute atomic E-state index is 0.0487. The second-order valence-electron chi connectivity index (χ2n) is 5.35. The van der Waals surface area contributed by atoms with Gasteiger partial charge in [-0.25, -0.2) is 13.4 Å². The molecule has 7 nitrogen and oxygen atoms in total. The number of nitrogens with one attached hydrogen (secondary N) is 1. The van der Waals surface area contributed by atoms with Gasteiger partial charge in [-0.05, 0) is 24.3 Å². The fraction of sp³-hybridized carbons (Fsp3) is 0.125. The Hall–Kier alpha value is -2.87. The zero-order valence-electron chi connectivity index (χ0n) is 12.6. The van der Waals surface area contributed by atoms with Crippen LogP contribution in [0.1, 0.15) is 0 Å². The van der Waals surface area contributed by atoms with Crippen LogP contribution in [0.25, 0.3) is 11.4 Å². The predicted octanol–water partition coefficient (Wildman–Crippen LogP) is 2.49. The molecule has 122 valence electrons. The van der Waals surface area contributed by atoms with Crippen molar-refractivity contribution in [2.75, 3.05) is 10.5 Å². The van der Waals surface area contributed by atoms with E-state index in [1.54, 1.807) is 29.2 Å². The molecule has 24 heavy (non-hydrogen) atoms. The van der Waals surface area contributed by atoms with Crippen molar-refractivity contribution in [3.8, 4) is 22.9 Å². The summed E-state index contributed by atoms with van der Waals surface area (Å²) < 4.78 is 33.5. The Bertz CT molecular complexity index is 966. The maximum atomic E-state index is 11.8. The number of aryl methyl sites for hydroxylation is 1. The van der Waals surface area contributed by atoms with E-state index < -0.39 is 10.0 Å². The van der Waals surface area contributed by atoms with E-state index in [1.807, 2.05) is 30.3 Å². The molecule has 3 heterocycles. The third-order valence-electron chi connectivity index (χ3n) is 3.65. The maximum absolute atomic E-state index is 11.8. The monoisotopic (exact) mass is 342 g/mol. The summed E-state index contributed by atoms with van der Waals surface area (Å²) in [7, 11) is -3.31. The molecule has 0 unspecified atom stereocenters. The number of pyridine rings is 1. The van der Waals surface area contributed by atoms with Crippen molar-refractivity contribution in [2.45, 2.75) is 6.54 Å². The van der Waals surface area contributed by atoms with Crippen LogP contribution in [0.3, 0.4) is 0 Å². The molecule has 4 rings (SSSR count). The number of imidazole rings is 1. The molecule has 3 aromatic rings. The van der Waals surface area contributed by atoms with Gasteiger partial charge in [-0.2, -0.15) is 0 Å². The van der Waals surface area contributed by atoms with E-state index in [0.717, 1.165) is 5.75 Å². The summed E-state index contributed by atoms with van der Waals surface area (Å²) in [6.07, 6.45) is 3.20. The molecule has 1 aliphatic rings. The van der Waals surface area contributed by atoms with Gasteiger partial charge in [0.15, 0.2) is 0 Å². The molecule has 1 aliphatic heterocycles. The molecule has 0 aliphatic carbocycles. The highest BCUT2D eigenvalue weighted by Gasteiger charge is 2.24. The molecule has 0 saturated carbocycles. The first kappa shape index (κ1) is 14.7. The zero-order valence-corrected chi connectivity index (χ0v) is 13.4. The lowest BCUT2D eigenvalue weighted by atomic mass is 10.2. The van der Waals surface area contributed by atoms with Crippen LogP contribution < -0.4 is 9.46 Å². The molecule has 0 bridgehead atoms. The number of nitrogens with zero attached hydrogens (tertiary/aromatic N) is 3. The highest BCUT2D eigenvalue weighted by Crippen LogP contribution is 2.30. The number of hydrogen-bond donors (Lipinski definition) is 1. The van der Waals surface area contributed by atoms with Crippen LogP contribution in [0.2, 0.25) is 0 Å². The summed E-state index contributed by atoms with van der Waals surface area (Å²) in [5.41, 5.74) is 1.08. The van der Waals surface area contributed by atoms with Crippen molar-refractivity contribution in [1.82, 2.24) is 14.5 Å². The van der Waals surface area contributed by atoms with Crippen molar-refractivity contribution in [3.05, 3.63) is 55.0 Å². The molecule has 0 atom stereocenters. The smallest absolute Gasteiger partial charge is 0.235 e. The third kappa shape index (κ3) is 2.83. The lowest BCUT2D eigenvalue weighted by molar-refractivity contribution is 0.480.